The lowest BCUT2D eigenvalue weighted by atomic mass is 9.87. The molecule has 7 nitrogen and oxygen atoms in total. The Morgan fingerprint density at radius 2 is 1.90 bits per heavy atom. The van der Waals surface area contributed by atoms with Gasteiger partial charge in [0.1, 0.15) is 0 Å². The lowest BCUT2D eigenvalue weighted by molar-refractivity contribution is -0.133. The van der Waals surface area contributed by atoms with Crippen LogP contribution >= 0.6 is 0 Å². The normalized spacial score (nSPS) is 24.3. The standard InChI is InChI=1S/C22H30N6O/c1-15-6-4-5-7-18(15)21-19-13-27(10-16-8-24-22(23)25-9-16)11-17(19)12-28(21)20(29)14-26(2)3/h4-9,17,19,21H,10-14H2,1-3H3,(H2,23,24,25)/t17-,19-,21+/m1/s1. The number of carbonyl (C=O) groups excluding carboxylic acids is 1. The fourth-order valence-corrected chi connectivity index (χ4v) is 4.91. The molecule has 0 aliphatic carbocycles. The Kier molecular flexibility index (Phi) is 5.52. The minimum absolute atomic E-state index is 0.140. The topological polar surface area (TPSA) is 78.6 Å². The van der Waals surface area contributed by atoms with E-state index in [0.29, 0.717) is 24.3 Å². The van der Waals surface area contributed by atoms with Gasteiger partial charge in [0.2, 0.25) is 11.9 Å². The quantitative estimate of drug-likeness (QED) is 0.829. The molecule has 29 heavy (non-hydrogen) atoms. The molecule has 2 aliphatic heterocycles. The fourth-order valence-electron chi connectivity index (χ4n) is 4.91. The Bertz CT molecular complexity index is 868. The summed E-state index contributed by atoms with van der Waals surface area (Å²) in [6.07, 6.45) is 3.62. The van der Waals surface area contributed by atoms with Crippen molar-refractivity contribution in [2.45, 2.75) is 19.5 Å². The number of benzene rings is 1. The summed E-state index contributed by atoms with van der Waals surface area (Å²) in [6, 6.07) is 8.63. The first-order chi connectivity index (χ1) is 13.9. The van der Waals surface area contributed by atoms with Crippen LogP contribution in [0.25, 0.3) is 0 Å². The van der Waals surface area contributed by atoms with Crippen LogP contribution in [-0.4, -0.2) is 70.8 Å². The van der Waals surface area contributed by atoms with Crippen molar-refractivity contribution >= 4 is 11.9 Å². The van der Waals surface area contributed by atoms with E-state index in [9.17, 15) is 4.79 Å². The molecule has 2 aromatic rings. The van der Waals surface area contributed by atoms with Gasteiger partial charge in [-0.3, -0.25) is 9.69 Å². The molecule has 3 atom stereocenters. The monoisotopic (exact) mass is 394 g/mol. The highest BCUT2D eigenvalue weighted by molar-refractivity contribution is 5.79. The second kappa shape index (κ2) is 8.08. The molecular weight excluding hydrogens is 364 g/mol. The molecule has 4 rings (SSSR count). The number of aryl methyl sites for hydroxylation is 1. The van der Waals surface area contributed by atoms with E-state index in [1.807, 2.05) is 31.4 Å². The van der Waals surface area contributed by atoms with E-state index in [0.717, 1.165) is 31.7 Å². The van der Waals surface area contributed by atoms with E-state index >= 15 is 0 Å². The summed E-state index contributed by atoms with van der Waals surface area (Å²) in [5.74, 6) is 1.45. The molecule has 2 N–H and O–H groups in total. The molecule has 2 aliphatic rings. The smallest absolute Gasteiger partial charge is 0.237 e. The number of anilines is 1. The molecule has 3 heterocycles. The van der Waals surface area contributed by atoms with E-state index in [2.05, 4.69) is 51.0 Å². The summed E-state index contributed by atoms with van der Waals surface area (Å²) < 4.78 is 0. The first-order valence-corrected chi connectivity index (χ1v) is 10.2. The van der Waals surface area contributed by atoms with Crippen molar-refractivity contribution in [2.75, 3.05) is 46.0 Å². The summed E-state index contributed by atoms with van der Waals surface area (Å²) in [5, 5.41) is 0. The molecule has 1 amide bonds. The molecule has 1 aromatic heterocycles. The Labute approximate surface area is 172 Å². The largest absolute Gasteiger partial charge is 0.368 e. The number of rotatable bonds is 5. The molecular formula is C22H30N6O. The fraction of sp³-hybridized carbons (Fsp3) is 0.500. The average molecular weight is 395 g/mol. The molecule has 0 bridgehead atoms. The minimum Gasteiger partial charge on any atom is -0.368 e. The molecule has 2 saturated heterocycles. The van der Waals surface area contributed by atoms with Crippen molar-refractivity contribution in [2.24, 2.45) is 11.8 Å². The number of likely N-dealkylation sites (N-methyl/N-ethyl adjacent to an activating group) is 1. The summed E-state index contributed by atoms with van der Waals surface area (Å²) in [7, 11) is 3.90. The van der Waals surface area contributed by atoms with Gasteiger partial charge in [-0.25, -0.2) is 9.97 Å². The van der Waals surface area contributed by atoms with Gasteiger partial charge in [0, 0.05) is 50.1 Å². The summed E-state index contributed by atoms with van der Waals surface area (Å²) >= 11 is 0. The van der Waals surface area contributed by atoms with Crippen LogP contribution in [-0.2, 0) is 11.3 Å². The molecule has 154 valence electrons. The number of hydrogen-bond donors (Lipinski definition) is 1. The summed E-state index contributed by atoms with van der Waals surface area (Å²) in [4.78, 5) is 27.8. The first-order valence-electron chi connectivity index (χ1n) is 10.2. The van der Waals surface area contributed by atoms with Crippen LogP contribution in [0.15, 0.2) is 36.7 Å². The highest BCUT2D eigenvalue weighted by Crippen LogP contribution is 2.46. The van der Waals surface area contributed by atoms with Crippen molar-refractivity contribution in [1.82, 2.24) is 24.7 Å². The lowest BCUT2D eigenvalue weighted by Crippen LogP contribution is -2.40. The van der Waals surface area contributed by atoms with Crippen molar-refractivity contribution in [3.05, 3.63) is 53.3 Å². The number of likely N-dealkylation sites (tertiary alicyclic amines) is 2. The second-order valence-electron chi connectivity index (χ2n) is 8.65. The molecule has 0 radical (unpaired) electrons. The number of aromatic nitrogens is 2. The van der Waals surface area contributed by atoms with Gasteiger partial charge >= 0.3 is 0 Å². The third kappa shape index (κ3) is 4.11. The van der Waals surface area contributed by atoms with Crippen LogP contribution in [0.2, 0.25) is 0 Å². The number of amides is 1. The van der Waals surface area contributed by atoms with Gasteiger partial charge in [0.15, 0.2) is 0 Å². The van der Waals surface area contributed by atoms with Crippen LogP contribution in [0, 0.1) is 18.8 Å². The lowest BCUT2D eigenvalue weighted by Gasteiger charge is -2.31. The number of nitrogens with two attached hydrogens (primary N) is 1. The molecule has 1 aromatic carbocycles. The zero-order valence-electron chi connectivity index (χ0n) is 17.5. The van der Waals surface area contributed by atoms with Gasteiger partial charge in [0.05, 0.1) is 12.6 Å². The van der Waals surface area contributed by atoms with E-state index in [1.165, 1.54) is 11.1 Å². The molecule has 7 heteroatoms. The Balaban J connectivity index is 1.56. The maximum atomic E-state index is 13.0. The van der Waals surface area contributed by atoms with Crippen LogP contribution in [0.3, 0.4) is 0 Å². The molecule has 0 spiro atoms. The maximum absolute atomic E-state index is 13.0. The van der Waals surface area contributed by atoms with Crippen molar-refractivity contribution in [1.29, 1.82) is 0 Å². The average Bonchev–Trinajstić information content (AvgIpc) is 3.21. The molecule has 2 fully saturated rings. The number of fused-ring (bicyclic) bond motifs is 1. The molecule has 0 saturated carbocycles. The van der Waals surface area contributed by atoms with Crippen LogP contribution < -0.4 is 5.73 Å². The third-order valence-corrected chi connectivity index (χ3v) is 6.15. The van der Waals surface area contributed by atoms with Crippen LogP contribution in [0.4, 0.5) is 5.95 Å². The number of hydrogen-bond acceptors (Lipinski definition) is 6. The Hall–Kier alpha value is -2.51. The molecule has 0 unspecified atom stereocenters. The highest BCUT2D eigenvalue weighted by atomic mass is 16.2. The second-order valence-corrected chi connectivity index (χ2v) is 8.65. The van der Waals surface area contributed by atoms with Gasteiger partial charge in [-0.05, 0) is 38.1 Å². The number of nitrogen functional groups attached to an aromatic ring is 1. The van der Waals surface area contributed by atoms with E-state index in [-0.39, 0.29) is 11.9 Å². The van der Waals surface area contributed by atoms with Gasteiger partial charge in [-0.1, -0.05) is 24.3 Å². The van der Waals surface area contributed by atoms with E-state index in [1.54, 1.807) is 0 Å². The van der Waals surface area contributed by atoms with Gasteiger partial charge in [-0.15, -0.1) is 0 Å². The predicted octanol–water partition coefficient (Wildman–Crippen LogP) is 1.56. The van der Waals surface area contributed by atoms with Gasteiger partial charge in [-0.2, -0.15) is 0 Å². The van der Waals surface area contributed by atoms with E-state index < -0.39 is 0 Å². The van der Waals surface area contributed by atoms with Gasteiger partial charge in [0.25, 0.3) is 0 Å². The summed E-state index contributed by atoms with van der Waals surface area (Å²) in [5.41, 5.74) is 9.22. The first kappa shape index (κ1) is 19.8. The Morgan fingerprint density at radius 1 is 1.17 bits per heavy atom. The summed E-state index contributed by atoms with van der Waals surface area (Å²) in [6.45, 7) is 6.21. The van der Waals surface area contributed by atoms with E-state index in [4.69, 9.17) is 5.73 Å². The zero-order valence-corrected chi connectivity index (χ0v) is 17.5. The highest BCUT2D eigenvalue weighted by Gasteiger charge is 2.49. The van der Waals surface area contributed by atoms with Crippen molar-refractivity contribution < 1.29 is 4.79 Å². The third-order valence-electron chi connectivity index (χ3n) is 6.15. The zero-order chi connectivity index (χ0) is 20.5. The van der Waals surface area contributed by atoms with Crippen molar-refractivity contribution in [3.8, 4) is 0 Å². The SMILES string of the molecule is Cc1ccccc1[C@H]1[C@@H]2CN(Cc3cnc(N)nc3)C[C@@H]2CN1C(=O)CN(C)C. The number of carbonyl (C=O) groups is 1. The van der Waals surface area contributed by atoms with Gasteiger partial charge < -0.3 is 15.5 Å². The maximum Gasteiger partial charge on any atom is 0.237 e. The minimum atomic E-state index is 0.140. The number of nitrogens with zero attached hydrogens (tertiary/aromatic N) is 5. The predicted molar refractivity (Wildman–Crippen MR) is 113 cm³/mol. The van der Waals surface area contributed by atoms with Crippen LogP contribution in [0.5, 0.6) is 0 Å². The van der Waals surface area contributed by atoms with Crippen LogP contribution in [0.1, 0.15) is 22.7 Å². The Morgan fingerprint density at radius 3 is 2.59 bits per heavy atom. The van der Waals surface area contributed by atoms with Crippen molar-refractivity contribution in [3.63, 3.8) is 0 Å².